The minimum absolute atomic E-state index is 0.0317. The van der Waals surface area contributed by atoms with Crippen LogP contribution >= 0.6 is 0 Å². The lowest BCUT2D eigenvalue weighted by Gasteiger charge is -2.57. The van der Waals surface area contributed by atoms with Crippen LogP contribution in [-0.2, 0) is 52.4 Å². The van der Waals surface area contributed by atoms with Crippen LogP contribution < -0.4 is 0 Å². The molecule has 12 atom stereocenters. The second-order valence-electron chi connectivity index (χ2n) is 12.5. The Morgan fingerprint density at radius 3 is 2.14 bits per heavy atom. The number of ether oxygens (including phenoxy) is 6. The maximum atomic E-state index is 13.2. The van der Waals surface area contributed by atoms with E-state index in [1.807, 2.05) is 0 Å². The number of hydrogen-bond donors (Lipinski definition) is 2. The molecular weight excluding hydrogens is 568 g/mol. The van der Waals surface area contributed by atoms with Gasteiger partial charge in [0, 0.05) is 44.9 Å². The minimum Gasteiger partial charge on any atom is -0.462 e. The lowest BCUT2D eigenvalue weighted by atomic mass is 9.52. The van der Waals surface area contributed by atoms with Crippen LogP contribution in [-0.4, -0.2) is 94.0 Å². The standard InChI is InChI=1S/C30H42O13/c1-9-10-21(35)42-23-13(2)11-20-30(29(8,43-30)27(37)41-20)26(40-17(6)33)22-14(3)18(34)12-19(38-15(4)31)28(22,7)25(36)24(23)39-16(5)32/h11,14,18-20,22-26,34,36H,9-10,12H2,1-8H3/b13-11-/t14-,18-,19-,20-,22+,23+,24-,25-,26-,28-,29-,30-/m0/s1. The molecule has 3 fully saturated rings. The van der Waals surface area contributed by atoms with Crippen molar-refractivity contribution < 1.29 is 62.6 Å². The Kier molecular flexibility index (Phi) is 8.77. The maximum absolute atomic E-state index is 13.2. The first-order valence-electron chi connectivity index (χ1n) is 14.6. The molecule has 2 saturated heterocycles. The van der Waals surface area contributed by atoms with E-state index >= 15 is 0 Å². The average Bonchev–Trinajstić information content (AvgIpc) is 3.48. The van der Waals surface area contributed by atoms with E-state index in [0.717, 1.165) is 6.92 Å². The van der Waals surface area contributed by atoms with E-state index in [1.54, 1.807) is 27.7 Å². The number of rotatable bonds is 6. The molecule has 0 unspecified atom stereocenters. The Bertz CT molecular complexity index is 1210. The van der Waals surface area contributed by atoms with Gasteiger partial charge in [-0.2, -0.15) is 0 Å². The molecule has 1 spiro atoms. The SMILES string of the molecule is CCCC(=O)O[C@@H]1/C(C)=C\[C@@H]2OC(=O)[C@]3(C)O[C@]23[C@@H](OC(C)=O)[C@H]2[C@@H](C)[C@@H](O)C[C@H](OC(C)=O)[C@]2(C)[C@@H](O)[C@H]1OC(C)=O. The highest BCUT2D eigenvalue weighted by molar-refractivity contribution is 5.89. The van der Waals surface area contributed by atoms with Crippen molar-refractivity contribution in [1.82, 2.24) is 0 Å². The molecule has 0 aromatic heterocycles. The molecule has 0 bridgehead atoms. The predicted molar refractivity (Wildman–Crippen MR) is 145 cm³/mol. The van der Waals surface area contributed by atoms with Crippen molar-refractivity contribution in [2.45, 2.75) is 129 Å². The third-order valence-corrected chi connectivity index (χ3v) is 9.64. The lowest BCUT2D eigenvalue weighted by Crippen LogP contribution is -2.68. The van der Waals surface area contributed by atoms with E-state index in [0.29, 0.717) is 6.42 Å². The molecule has 240 valence electrons. The molecular formula is C30H42O13. The van der Waals surface area contributed by atoms with Gasteiger partial charge in [0.05, 0.1) is 6.10 Å². The highest BCUT2D eigenvalue weighted by Crippen LogP contribution is 2.65. The van der Waals surface area contributed by atoms with Crippen LogP contribution in [0.25, 0.3) is 0 Å². The number of fused-ring (bicyclic) bond motifs is 1. The largest absolute Gasteiger partial charge is 0.462 e. The first-order valence-corrected chi connectivity index (χ1v) is 14.6. The molecule has 2 heterocycles. The van der Waals surface area contributed by atoms with Crippen molar-refractivity contribution in [1.29, 1.82) is 0 Å². The first kappa shape index (κ1) is 32.9. The molecule has 43 heavy (non-hydrogen) atoms. The number of carbonyl (C=O) groups excluding carboxylic acids is 5. The zero-order chi connectivity index (χ0) is 32.2. The Hall–Kier alpha value is -3.03. The van der Waals surface area contributed by atoms with Crippen LogP contribution in [0.2, 0.25) is 0 Å². The lowest BCUT2D eigenvalue weighted by molar-refractivity contribution is -0.246. The molecule has 4 aliphatic rings. The maximum Gasteiger partial charge on any atom is 0.342 e. The van der Waals surface area contributed by atoms with Gasteiger partial charge in [0.2, 0.25) is 0 Å². The fourth-order valence-electron chi connectivity index (χ4n) is 7.48. The second-order valence-corrected chi connectivity index (χ2v) is 12.5. The van der Waals surface area contributed by atoms with E-state index in [4.69, 9.17) is 28.4 Å². The zero-order valence-electron chi connectivity index (χ0n) is 25.8. The first-order chi connectivity index (χ1) is 19.9. The molecule has 2 N–H and O–H groups in total. The van der Waals surface area contributed by atoms with E-state index in [2.05, 4.69) is 0 Å². The highest BCUT2D eigenvalue weighted by atomic mass is 16.7. The molecule has 4 rings (SSSR count). The Balaban J connectivity index is 2.06. The van der Waals surface area contributed by atoms with Gasteiger partial charge in [0.25, 0.3) is 0 Å². The molecule has 0 radical (unpaired) electrons. The summed E-state index contributed by atoms with van der Waals surface area (Å²) < 4.78 is 35.1. The Morgan fingerprint density at radius 2 is 1.60 bits per heavy atom. The fraction of sp³-hybridized carbons (Fsp3) is 0.767. The van der Waals surface area contributed by atoms with Gasteiger partial charge in [-0.3, -0.25) is 19.2 Å². The Labute approximate surface area is 250 Å². The summed E-state index contributed by atoms with van der Waals surface area (Å²) in [5.74, 6) is -5.42. The Morgan fingerprint density at radius 1 is 1.00 bits per heavy atom. The van der Waals surface area contributed by atoms with Crippen molar-refractivity contribution in [2.24, 2.45) is 17.3 Å². The van der Waals surface area contributed by atoms with Gasteiger partial charge in [0.1, 0.15) is 18.3 Å². The topological polar surface area (TPSA) is 184 Å². The number of hydrogen-bond acceptors (Lipinski definition) is 13. The minimum atomic E-state index is -1.72. The van der Waals surface area contributed by atoms with Gasteiger partial charge in [0.15, 0.2) is 29.5 Å². The number of esters is 5. The third-order valence-electron chi connectivity index (χ3n) is 9.64. The van der Waals surface area contributed by atoms with E-state index in [-0.39, 0.29) is 18.4 Å². The van der Waals surface area contributed by atoms with Crippen LogP contribution in [0.3, 0.4) is 0 Å². The van der Waals surface area contributed by atoms with Gasteiger partial charge in [-0.25, -0.2) is 4.79 Å². The van der Waals surface area contributed by atoms with E-state index in [9.17, 15) is 34.2 Å². The van der Waals surface area contributed by atoms with Crippen molar-refractivity contribution in [3.8, 4) is 0 Å². The molecule has 0 aromatic carbocycles. The van der Waals surface area contributed by atoms with E-state index in [1.165, 1.54) is 26.8 Å². The van der Waals surface area contributed by atoms with Gasteiger partial charge in [-0.05, 0) is 37.8 Å². The van der Waals surface area contributed by atoms with Crippen molar-refractivity contribution in [3.05, 3.63) is 11.6 Å². The van der Waals surface area contributed by atoms with Crippen LogP contribution in [0.1, 0.15) is 74.7 Å². The van der Waals surface area contributed by atoms with Gasteiger partial charge >= 0.3 is 29.8 Å². The van der Waals surface area contributed by atoms with E-state index < -0.39 is 101 Å². The van der Waals surface area contributed by atoms with Gasteiger partial charge in [-0.1, -0.05) is 20.8 Å². The van der Waals surface area contributed by atoms with Crippen LogP contribution in [0.5, 0.6) is 0 Å². The summed E-state index contributed by atoms with van der Waals surface area (Å²) in [6.07, 6.45) is -7.59. The smallest absolute Gasteiger partial charge is 0.342 e. The molecule has 2 aliphatic carbocycles. The van der Waals surface area contributed by atoms with Gasteiger partial charge < -0.3 is 38.6 Å². The summed E-state index contributed by atoms with van der Waals surface area (Å²) in [6, 6.07) is 0. The zero-order valence-corrected chi connectivity index (χ0v) is 25.8. The molecule has 13 heteroatoms. The normalized spacial score (nSPS) is 44.7. The molecule has 1 saturated carbocycles. The second kappa shape index (κ2) is 11.5. The molecule has 0 amide bonds. The highest BCUT2D eigenvalue weighted by Gasteiger charge is 2.87. The van der Waals surface area contributed by atoms with Crippen LogP contribution in [0, 0.1) is 17.3 Å². The number of aliphatic hydroxyl groups excluding tert-OH is 2. The quantitative estimate of drug-likeness (QED) is 0.190. The predicted octanol–water partition coefficient (Wildman–Crippen LogP) is 1.29. The van der Waals surface area contributed by atoms with Crippen LogP contribution in [0.4, 0.5) is 0 Å². The molecule has 13 nitrogen and oxygen atoms in total. The summed E-state index contributed by atoms with van der Waals surface area (Å²) in [6.45, 7) is 11.6. The summed E-state index contributed by atoms with van der Waals surface area (Å²) in [5.41, 5.74) is -4.55. The number of epoxide rings is 1. The summed E-state index contributed by atoms with van der Waals surface area (Å²) in [5, 5.41) is 23.6. The molecule has 2 aliphatic heterocycles. The third kappa shape index (κ3) is 5.22. The van der Waals surface area contributed by atoms with Gasteiger partial charge in [-0.15, -0.1) is 0 Å². The summed E-state index contributed by atoms with van der Waals surface area (Å²) in [7, 11) is 0. The number of carbonyl (C=O) groups is 5. The van der Waals surface area contributed by atoms with Crippen molar-refractivity contribution in [2.75, 3.05) is 0 Å². The van der Waals surface area contributed by atoms with Crippen LogP contribution in [0.15, 0.2) is 11.6 Å². The summed E-state index contributed by atoms with van der Waals surface area (Å²) >= 11 is 0. The monoisotopic (exact) mass is 610 g/mol. The number of aliphatic hydroxyl groups is 2. The van der Waals surface area contributed by atoms with Crippen molar-refractivity contribution >= 4 is 29.8 Å². The average molecular weight is 611 g/mol. The van der Waals surface area contributed by atoms with Crippen molar-refractivity contribution in [3.63, 3.8) is 0 Å². The summed E-state index contributed by atoms with van der Waals surface area (Å²) in [4.78, 5) is 63.6. The fourth-order valence-corrected chi connectivity index (χ4v) is 7.48. The molecule has 0 aromatic rings.